The summed E-state index contributed by atoms with van der Waals surface area (Å²) in [4.78, 5) is 0. The van der Waals surface area contributed by atoms with Gasteiger partial charge in [0, 0.05) is 5.75 Å². The van der Waals surface area contributed by atoms with E-state index in [0.717, 1.165) is 5.57 Å². The number of hydrogen-bond acceptors (Lipinski definition) is 4. The molecule has 0 aromatic heterocycles. The molecule has 14 heavy (non-hydrogen) atoms. The molecule has 0 saturated heterocycles. The van der Waals surface area contributed by atoms with Gasteiger partial charge < -0.3 is 10.3 Å². The summed E-state index contributed by atoms with van der Waals surface area (Å²) in [6, 6.07) is 0. The molecule has 0 aliphatic carbocycles. The van der Waals surface area contributed by atoms with E-state index in [1.54, 1.807) is 20.0 Å². The smallest absolute Gasteiger partial charge is 0.748 e. The van der Waals surface area contributed by atoms with Crippen LogP contribution in [0.2, 0.25) is 0 Å². The zero-order valence-corrected chi connectivity index (χ0v) is 13.5. The molecule has 0 radical (unpaired) electrons. The van der Waals surface area contributed by atoms with Crippen LogP contribution in [-0.2, 0) is 10.1 Å². The van der Waals surface area contributed by atoms with Crippen LogP contribution in [0.1, 0.15) is 27.7 Å². The normalized spacial score (nSPS) is 9.57. The molecule has 2 N–H and O–H groups in total. The van der Waals surface area contributed by atoms with Gasteiger partial charge in [0.1, 0.15) is 0 Å². The molecule has 0 aromatic rings. The third-order valence-corrected chi connectivity index (χ3v) is 1.95. The van der Waals surface area contributed by atoms with Crippen LogP contribution in [0, 0.1) is 5.92 Å². The fourth-order valence-corrected chi connectivity index (χ4v) is 1.22. The first-order chi connectivity index (χ1) is 5.69. The molecule has 0 atom stereocenters. The Bertz CT molecular complexity index is 243. The van der Waals surface area contributed by atoms with Gasteiger partial charge >= 0.3 is 51.4 Å². The molecular formula is C8H18KNO3S. The van der Waals surface area contributed by atoms with Crippen molar-refractivity contribution in [1.29, 1.82) is 0 Å². The van der Waals surface area contributed by atoms with Crippen molar-refractivity contribution in [2.24, 2.45) is 11.7 Å². The van der Waals surface area contributed by atoms with E-state index in [4.69, 9.17) is 5.73 Å². The standard InChI is InChI=1S/C4H9N.C4H10O3S.K/c1-4(2)3-5;1-4(2)3-8(5,6)7;/h3H,5H2,1-2H3;4H,3H2,1-2H3,(H,5,6,7);/q;;+1/p-1. The maximum atomic E-state index is 9.89. The van der Waals surface area contributed by atoms with Gasteiger partial charge in [0.2, 0.25) is 0 Å². The fourth-order valence-electron chi connectivity index (χ4n) is 0.408. The maximum Gasteiger partial charge on any atom is 1.00 e. The second kappa shape index (κ2) is 10.6. The Kier molecular flexibility index (Phi) is 15.5. The van der Waals surface area contributed by atoms with Crippen LogP contribution in [0.5, 0.6) is 0 Å². The van der Waals surface area contributed by atoms with Crippen molar-refractivity contribution in [2.75, 3.05) is 5.75 Å². The molecular weight excluding hydrogens is 229 g/mol. The molecule has 0 bridgehead atoms. The largest absolute Gasteiger partial charge is 1.00 e. The van der Waals surface area contributed by atoms with Crippen LogP contribution in [0.4, 0.5) is 0 Å². The van der Waals surface area contributed by atoms with E-state index in [1.165, 1.54) is 0 Å². The Morgan fingerprint density at radius 2 is 1.71 bits per heavy atom. The van der Waals surface area contributed by atoms with Crippen molar-refractivity contribution in [1.82, 2.24) is 0 Å². The van der Waals surface area contributed by atoms with E-state index in [1.807, 2.05) is 13.8 Å². The van der Waals surface area contributed by atoms with Crippen molar-refractivity contribution in [3.8, 4) is 0 Å². The van der Waals surface area contributed by atoms with Crippen molar-refractivity contribution in [2.45, 2.75) is 27.7 Å². The van der Waals surface area contributed by atoms with Crippen LogP contribution in [0.3, 0.4) is 0 Å². The van der Waals surface area contributed by atoms with E-state index >= 15 is 0 Å². The Hall–Kier alpha value is 1.09. The van der Waals surface area contributed by atoms with Crippen molar-refractivity contribution in [3.05, 3.63) is 11.8 Å². The Labute approximate surface area is 130 Å². The summed E-state index contributed by atoms with van der Waals surface area (Å²) in [6.45, 7) is 7.30. The monoisotopic (exact) mass is 247 g/mol. The summed E-state index contributed by atoms with van der Waals surface area (Å²) in [5.74, 6) is -0.315. The summed E-state index contributed by atoms with van der Waals surface area (Å²) in [5, 5.41) is 0. The topological polar surface area (TPSA) is 83.2 Å². The zero-order valence-electron chi connectivity index (χ0n) is 9.57. The van der Waals surface area contributed by atoms with Gasteiger partial charge in [-0.15, -0.1) is 0 Å². The van der Waals surface area contributed by atoms with Gasteiger partial charge in [0.25, 0.3) is 0 Å². The van der Waals surface area contributed by atoms with Crippen molar-refractivity contribution >= 4 is 10.1 Å². The summed E-state index contributed by atoms with van der Waals surface area (Å²) in [5.41, 5.74) is 6.17. The third-order valence-electron chi connectivity index (χ3n) is 0.871. The average molecular weight is 247 g/mol. The molecule has 0 heterocycles. The molecule has 0 spiro atoms. The van der Waals surface area contributed by atoms with Gasteiger partial charge in [-0.2, -0.15) is 0 Å². The minimum Gasteiger partial charge on any atom is -0.748 e. The van der Waals surface area contributed by atoms with Gasteiger partial charge in [0.05, 0.1) is 10.1 Å². The molecule has 4 nitrogen and oxygen atoms in total. The first-order valence-corrected chi connectivity index (χ1v) is 5.55. The quantitative estimate of drug-likeness (QED) is 0.454. The van der Waals surface area contributed by atoms with Crippen LogP contribution in [0.15, 0.2) is 11.8 Å². The first-order valence-electron chi connectivity index (χ1n) is 3.97. The SMILES string of the molecule is CC(C)=CN.CC(C)CS(=O)(=O)[O-].[K+]. The minimum absolute atomic E-state index is 0. The van der Waals surface area contributed by atoms with E-state index in [0.29, 0.717) is 0 Å². The number of allylic oxidation sites excluding steroid dienone is 1. The number of rotatable bonds is 2. The number of nitrogens with two attached hydrogens (primary N) is 1. The molecule has 0 aliphatic rings. The average Bonchev–Trinajstić information content (AvgIpc) is 1.83. The third kappa shape index (κ3) is 29.2. The molecule has 0 aromatic carbocycles. The van der Waals surface area contributed by atoms with Gasteiger partial charge in [-0.1, -0.05) is 19.4 Å². The molecule has 0 aliphatic heterocycles. The summed E-state index contributed by atoms with van der Waals surface area (Å²) in [6.07, 6.45) is 1.58. The minimum atomic E-state index is -3.97. The number of hydrogen-bond donors (Lipinski definition) is 1. The summed E-state index contributed by atoms with van der Waals surface area (Å²) >= 11 is 0. The van der Waals surface area contributed by atoms with E-state index in [-0.39, 0.29) is 63.1 Å². The predicted octanol–water partition coefficient (Wildman–Crippen LogP) is -1.94. The maximum absolute atomic E-state index is 9.89. The molecule has 6 heteroatoms. The summed E-state index contributed by atoms with van der Waals surface area (Å²) in [7, 11) is -3.97. The fraction of sp³-hybridized carbons (Fsp3) is 0.750. The van der Waals surface area contributed by atoms with Crippen molar-refractivity contribution < 1.29 is 64.4 Å². The second-order valence-electron chi connectivity index (χ2n) is 3.36. The Morgan fingerprint density at radius 3 is 1.71 bits per heavy atom. The molecule has 0 rings (SSSR count). The van der Waals surface area contributed by atoms with Crippen LogP contribution >= 0.6 is 0 Å². The molecule has 0 amide bonds. The molecule has 80 valence electrons. The zero-order chi connectivity index (χ0) is 11.1. The Balaban J connectivity index is -0.000000177. The molecule has 0 fully saturated rings. The van der Waals surface area contributed by atoms with E-state index in [9.17, 15) is 13.0 Å². The molecule has 0 unspecified atom stereocenters. The van der Waals surface area contributed by atoms with Gasteiger partial charge in [-0.3, -0.25) is 0 Å². The molecule has 0 saturated carbocycles. The van der Waals surface area contributed by atoms with Gasteiger partial charge in [-0.05, 0) is 26.0 Å². The second-order valence-corrected chi connectivity index (χ2v) is 4.81. The van der Waals surface area contributed by atoms with Crippen LogP contribution in [-0.4, -0.2) is 18.7 Å². The Morgan fingerprint density at radius 1 is 1.43 bits per heavy atom. The van der Waals surface area contributed by atoms with Crippen LogP contribution < -0.4 is 57.1 Å². The van der Waals surface area contributed by atoms with Crippen molar-refractivity contribution in [3.63, 3.8) is 0 Å². The van der Waals surface area contributed by atoms with Gasteiger partial charge in [-0.25, -0.2) is 8.42 Å². The van der Waals surface area contributed by atoms with Crippen LogP contribution in [0.25, 0.3) is 0 Å². The summed E-state index contributed by atoms with van der Waals surface area (Å²) < 4.78 is 29.7. The van der Waals surface area contributed by atoms with E-state index < -0.39 is 10.1 Å². The van der Waals surface area contributed by atoms with Gasteiger partial charge in [0.15, 0.2) is 0 Å². The van der Waals surface area contributed by atoms with E-state index in [2.05, 4.69) is 0 Å². The first kappa shape index (κ1) is 20.5. The predicted molar refractivity (Wildman–Crippen MR) is 53.0 cm³/mol.